The van der Waals surface area contributed by atoms with E-state index in [2.05, 4.69) is 15.3 Å². The zero-order chi connectivity index (χ0) is 30.3. The standard InChI is InChI=1S/C29H35F3N4O4S/c1-17-24(26(38)34-14-20-12-13-21(15-33-20)41(5,39)40)35-27(28(2,3)4)36(17)16-19-10-7-11-22(23(19)29(30,31)32)25(37)18-8-6-9-18/h7,10-13,15,18,25,37H,6,8-9,14,16H2,1-5H3,(H,34,38). The first-order valence-corrected chi connectivity index (χ1v) is 15.3. The minimum Gasteiger partial charge on any atom is -0.388 e. The van der Waals surface area contributed by atoms with E-state index in [1.54, 1.807) is 11.5 Å². The lowest BCUT2D eigenvalue weighted by Gasteiger charge is -2.32. The maximum absolute atomic E-state index is 14.4. The van der Waals surface area contributed by atoms with Crippen molar-refractivity contribution in [1.82, 2.24) is 19.9 Å². The van der Waals surface area contributed by atoms with Crippen molar-refractivity contribution in [3.05, 3.63) is 76.1 Å². The van der Waals surface area contributed by atoms with E-state index in [0.29, 0.717) is 30.1 Å². The van der Waals surface area contributed by atoms with Crippen molar-refractivity contribution in [1.29, 1.82) is 0 Å². The number of aliphatic hydroxyl groups excluding tert-OH is 1. The second-order valence-corrected chi connectivity index (χ2v) is 13.7. The highest BCUT2D eigenvalue weighted by Crippen LogP contribution is 2.44. The average Bonchev–Trinajstić information content (AvgIpc) is 3.16. The third-order valence-electron chi connectivity index (χ3n) is 7.47. The Kier molecular flexibility index (Phi) is 8.39. The lowest BCUT2D eigenvalue weighted by molar-refractivity contribution is -0.140. The number of carbonyl (C=O) groups is 1. The Morgan fingerprint density at radius 1 is 1.17 bits per heavy atom. The van der Waals surface area contributed by atoms with Gasteiger partial charge in [0.05, 0.1) is 28.8 Å². The molecule has 0 bridgehead atoms. The lowest BCUT2D eigenvalue weighted by Crippen LogP contribution is -2.25. The fourth-order valence-electron chi connectivity index (χ4n) is 5.03. The second kappa shape index (κ2) is 11.2. The highest BCUT2D eigenvalue weighted by Gasteiger charge is 2.40. The number of alkyl halides is 3. The smallest absolute Gasteiger partial charge is 0.388 e. The fourth-order valence-corrected chi connectivity index (χ4v) is 5.59. The number of aromatic nitrogens is 3. The van der Waals surface area contributed by atoms with Crippen LogP contribution in [0.15, 0.2) is 41.4 Å². The molecule has 1 amide bonds. The van der Waals surface area contributed by atoms with Gasteiger partial charge < -0.3 is 15.0 Å². The number of sulfone groups is 1. The Bertz CT molecular complexity index is 1540. The van der Waals surface area contributed by atoms with E-state index in [-0.39, 0.29) is 40.7 Å². The van der Waals surface area contributed by atoms with Gasteiger partial charge in [0.1, 0.15) is 11.5 Å². The van der Waals surface area contributed by atoms with Gasteiger partial charge in [0.15, 0.2) is 9.84 Å². The van der Waals surface area contributed by atoms with E-state index < -0.39 is 39.0 Å². The van der Waals surface area contributed by atoms with Crippen molar-refractivity contribution in [3.8, 4) is 0 Å². The molecule has 12 heteroatoms. The van der Waals surface area contributed by atoms with Gasteiger partial charge in [-0.1, -0.05) is 45.4 Å². The van der Waals surface area contributed by atoms with Gasteiger partial charge in [0.2, 0.25) is 0 Å². The van der Waals surface area contributed by atoms with Gasteiger partial charge in [-0.25, -0.2) is 13.4 Å². The highest BCUT2D eigenvalue weighted by molar-refractivity contribution is 7.90. The number of halogens is 3. The summed E-state index contributed by atoms with van der Waals surface area (Å²) in [5.41, 5.74) is -0.692. The molecule has 4 rings (SSSR count). The highest BCUT2D eigenvalue weighted by atomic mass is 32.2. The zero-order valence-electron chi connectivity index (χ0n) is 23.7. The molecule has 0 saturated heterocycles. The number of rotatable bonds is 8. The van der Waals surface area contributed by atoms with Gasteiger partial charge in [0, 0.05) is 30.1 Å². The first kappa shape index (κ1) is 30.7. The van der Waals surface area contributed by atoms with Crippen molar-refractivity contribution in [2.24, 2.45) is 5.92 Å². The molecule has 0 radical (unpaired) electrons. The van der Waals surface area contributed by atoms with Crippen LogP contribution < -0.4 is 5.32 Å². The van der Waals surface area contributed by atoms with Crippen LogP contribution >= 0.6 is 0 Å². The molecule has 0 spiro atoms. The van der Waals surface area contributed by atoms with Gasteiger partial charge in [-0.2, -0.15) is 13.2 Å². The van der Waals surface area contributed by atoms with E-state index in [0.717, 1.165) is 12.7 Å². The number of hydrogen-bond donors (Lipinski definition) is 2. The molecule has 2 heterocycles. The molecule has 1 aromatic carbocycles. The topological polar surface area (TPSA) is 114 Å². The van der Waals surface area contributed by atoms with Gasteiger partial charge in [-0.3, -0.25) is 9.78 Å². The van der Waals surface area contributed by atoms with Crippen molar-refractivity contribution in [2.45, 2.75) is 82.6 Å². The molecular weight excluding hydrogens is 557 g/mol. The molecule has 1 unspecified atom stereocenters. The SMILES string of the molecule is Cc1c(C(=O)NCc2ccc(S(C)(=O)=O)cn2)nc(C(C)(C)C)n1Cc1cccc(C(O)C2CCC2)c1C(F)(F)F. The maximum Gasteiger partial charge on any atom is 0.417 e. The van der Waals surface area contributed by atoms with Crippen LogP contribution in [0.3, 0.4) is 0 Å². The van der Waals surface area contributed by atoms with Crippen LogP contribution in [0.4, 0.5) is 13.2 Å². The van der Waals surface area contributed by atoms with E-state index in [9.17, 15) is 31.5 Å². The molecule has 2 N–H and O–H groups in total. The minimum atomic E-state index is -4.69. The Labute approximate surface area is 237 Å². The molecule has 8 nitrogen and oxygen atoms in total. The van der Waals surface area contributed by atoms with Crippen molar-refractivity contribution >= 4 is 15.7 Å². The lowest BCUT2D eigenvalue weighted by atomic mass is 9.77. The summed E-state index contributed by atoms with van der Waals surface area (Å²) in [6.45, 7) is 7.04. The Hall–Kier alpha value is -3.25. The van der Waals surface area contributed by atoms with E-state index in [4.69, 9.17) is 0 Å². The summed E-state index contributed by atoms with van der Waals surface area (Å²) in [6, 6.07) is 7.16. The largest absolute Gasteiger partial charge is 0.417 e. The number of nitrogens with zero attached hydrogens (tertiary/aromatic N) is 3. The summed E-state index contributed by atoms with van der Waals surface area (Å²) in [5.74, 6) is -0.293. The fraction of sp³-hybridized carbons (Fsp3) is 0.483. The summed E-state index contributed by atoms with van der Waals surface area (Å²) in [7, 11) is -3.41. The normalized spacial score (nSPS) is 15.4. The quantitative estimate of drug-likeness (QED) is 0.376. The van der Waals surface area contributed by atoms with Crippen LogP contribution in [0, 0.1) is 12.8 Å². The molecular formula is C29H35F3N4O4S. The number of nitrogens with one attached hydrogen (secondary N) is 1. The van der Waals surface area contributed by atoms with Crippen molar-refractivity contribution < 1.29 is 31.5 Å². The van der Waals surface area contributed by atoms with Crippen LogP contribution in [0.5, 0.6) is 0 Å². The number of imidazole rings is 1. The third kappa shape index (κ3) is 6.64. The molecule has 1 fully saturated rings. The first-order valence-electron chi connectivity index (χ1n) is 13.4. The zero-order valence-corrected chi connectivity index (χ0v) is 24.5. The summed E-state index contributed by atoms with van der Waals surface area (Å²) in [4.78, 5) is 21.9. The summed E-state index contributed by atoms with van der Waals surface area (Å²) >= 11 is 0. The maximum atomic E-state index is 14.4. The molecule has 1 aliphatic carbocycles. The molecule has 222 valence electrons. The number of hydrogen-bond acceptors (Lipinski definition) is 6. The number of carbonyl (C=O) groups excluding carboxylic acids is 1. The molecule has 2 aromatic heterocycles. The Morgan fingerprint density at radius 3 is 2.37 bits per heavy atom. The van der Waals surface area contributed by atoms with Crippen LogP contribution in [0.2, 0.25) is 0 Å². The summed E-state index contributed by atoms with van der Waals surface area (Å²) in [6.07, 6.45) is -1.34. The third-order valence-corrected chi connectivity index (χ3v) is 8.57. The Morgan fingerprint density at radius 2 is 1.85 bits per heavy atom. The molecule has 3 aromatic rings. The molecule has 1 atom stereocenters. The van der Waals surface area contributed by atoms with Crippen molar-refractivity contribution in [2.75, 3.05) is 6.26 Å². The van der Waals surface area contributed by atoms with Crippen molar-refractivity contribution in [3.63, 3.8) is 0 Å². The van der Waals surface area contributed by atoms with Crippen LogP contribution in [0.1, 0.15) is 90.5 Å². The monoisotopic (exact) mass is 592 g/mol. The van der Waals surface area contributed by atoms with Gasteiger partial charge in [-0.15, -0.1) is 0 Å². The van der Waals surface area contributed by atoms with Gasteiger partial charge in [-0.05, 0) is 48.9 Å². The number of benzene rings is 1. The van der Waals surface area contributed by atoms with E-state index in [1.807, 2.05) is 20.8 Å². The summed E-state index contributed by atoms with van der Waals surface area (Å²) in [5, 5.41) is 13.5. The predicted molar refractivity (Wildman–Crippen MR) is 147 cm³/mol. The van der Waals surface area contributed by atoms with Gasteiger partial charge >= 0.3 is 6.18 Å². The van der Waals surface area contributed by atoms with Crippen LogP contribution in [-0.2, 0) is 34.5 Å². The van der Waals surface area contributed by atoms with Crippen LogP contribution in [0.25, 0.3) is 0 Å². The van der Waals surface area contributed by atoms with Crippen LogP contribution in [-0.4, -0.2) is 40.2 Å². The Balaban J connectivity index is 1.66. The number of aliphatic hydroxyl groups is 1. The van der Waals surface area contributed by atoms with E-state index >= 15 is 0 Å². The average molecular weight is 593 g/mol. The minimum absolute atomic E-state index is 0.000646. The predicted octanol–water partition coefficient (Wildman–Crippen LogP) is 5.12. The molecule has 1 saturated carbocycles. The first-order chi connectivity index (χ1) is 19.0. The number of pyridine rings is 1. The van der Waals surface area contributed by atoms with Gasteiger partial charge in [0.25, 0.3) is 5.91 Å². The summed E-state index contributed by atoms with van der Waals surface area (Å²) < 4.78 is 68.3. The molecule has 1 aliphatic rings. The van der Waals surface area contributed by atoms with E-state index in [1.165, 1.54) is 36.5 Å². The molecule has 0 aliphatic heterocycles. The number of amides is 1. The molecule has 41 heavy (non-hydrogen) atoms. The second-order valence-electron chi connectivity index (χ2n) is 11.7.